The summed E-state index contributed by atoms with van der Waals surface area (Å²) in [4.78, 5) is 26.3. The number of hydrogen-bond donors (Lipinski definition) is 3. The molecule has 0 spiro atoms. The van der Waals surface area contributed by atoms with Gasteiger partial charge in [0.05, 0.1) is 11.1 Å². The van der Waals surface area contributed by atoms with Crippen molar-refractivity contribution in [2.45, 2.75) is 18.8 Å². The third-order valence-corrected chi connectivity index (χ3v) is 5.10. The standard InChI is InChI=1S/C25H21F7N4O2/c26-18-7-9-21(10-8-18)36(23(38)35-19-5-2-1-3-6-19)12-4-11-33-22(37)34-20-14-16(24(27,28)29)13-17(15-20)25(30,31)32/h1-3,5-10,13-15H,4,11-12H2,(H,35,38)(H2,33,34,37). The molecule has 38 heavy (non-hydrogen) atoms. The number of nitrogens with one attached hydrogen (secondary N) is 3. The summed E-state index contributed by atoms with van der Waals surface area (Å²) in [6.07, 6.45) is -9.97. The zero-order chi connectivity index (χ0) is 27.9. The Kier molecular flexibility index (Phi) is 8.81. The fraction of sp³-hybridized carbons (Fsp3) is 0.200. The Labute approximate surface area is 212 Å². The topological polar surface area (TPSA) is 73.5 Å². The molecule has 0 unspecified atom stereocenters. The number of halogens is 7. The van der Waals surface area contributed by atoms with Crippen molar-refractivity contribution in [1.82, 2.24) is 5.32 Å². The fourth-order valence-corrected chi connectivity index (χ4v) is 3.32. The maximum absolute atomic E-state index is 13.4. The number of para-hydroxylation sites is 1. The highest BCUT2D eigenvalue weighted by molar-refractivity contribution is 6.01. The molecule has 0 heterocycles. The Bertz CT molecular complexity index is 1220. The van der Waals surface area contributed by atoms with E-state index in [4.69, 9.17) is 0 Å². The number of nitrogens with zero attached hydrogens (tertiary/aromatic N) is 1. The molecule has 0 saturated heterocycles. The van der Waals surface area contributed by atoms with E-state index < -0.39 is 47.0 Å². The number of rotatable bonds is 7. The molecule has 3 rings (SSSR count). The minimum absolute atomic E-state index is 0.0341. The van der Waals surface area contributed by atoms with Crippen molar-refractivity contribution in [2.24, 2.45) is 0 Å². The Morgan fingerprint density at radius 3 is 1.87 bits per heavy atom. The molecule has 0 aromatic heterocycles. The van der Waals surface area contributed by atoms with Gasteiger partial charge in [0.2, 0.25) is 0 Å². The summed E-state index contributed by atoms with van der Waals surface area (Å²) in [5, 5.41) is 6.97. The monoisotopic (exact) mass is 542 g/mol. The van der Waals surface area contributed by atoms with Crippen molar-refractivity contribution in [1.29, 1.82) is 0 Å². The average molecular weight is 542 g/mol. The van der Waals surface area contributed by atoms with Gasteiger partial charge in [0.1, 0.15) is 5.82 Å². The van der Waals surface area contributed by atoms with E-state index in [2.05, 4.69) is 10.6 Å². The highest BCUT2D eigenvalue weighted by Crippen LogP contribution is 2.37. The molecule has 0 aliphatic heterocycles. The summed E-state index contributed by atoms with van der Waals surface area (Å²) < 4.78 is 91.4. The summed E-state index contributed by atoms with van der Waals surface area (Å²) in [5.41, 5.74) is -2.97. The maximum atomic E-state index is 13.4. The molecule has 4 amide bonds. The van der Waals surface area contributed by atoms with Crippen molar-refractivity contribution in [3.63, 3.8) is 0 Å². The van der Waals surface area contributed by atoms with E-state index in [-0.39, 0.29) is 25.6 Å². The summed E-state index contributed by atoms with van der Waals surface area (Å²) in [5.74, 6) is -0.515. The Balaban J connectivity index is 1.63. The van der Waals surface area contributed by atoms with E-state index in [1.165, 1.54) is 17.0 Å². The Morgan fingerprint density at radius 2 is 1.32 bits per heavy atom. The molecule has 3 N–H and O–H groups in total. The van der Waals surface area contributed by atoms with Gasteiger partial charge in [-0.25, -0.2) is 14.0 Å². The molecule has 202 valence electrons. The van der Waals surface area contributed by atoms with Crippen molar-refractivity contribution in [3.05, 3.63) is 89.7 Å². The van der Waals surface area contributed by atoms with Gasteiger partial charge in [0.15, 0.2) is 0 Å². The Hall–Kier alpha value is -4.29. The smallest absolute Gasteiger partial charge is 0.338 e. The van der Waals surface area contributed by atoms with Gasteiger partial charge >= 0.3 is 24.4 Å². The number of amides is 4. The van der Waals surface area contributed by atoms with E-state index in [0.717, 1.165) is 12.1 Å². The quantitative estimate of drug-likeness (QED) is 0.220. The molecule has 0 fully saturated rings. The second-order valence-electron chi connectivity index (χ2n) is 7.95. The second-order valence-corrected chi connectivity index (χ2v) is 7.95. The first-order valence-corrected chi connectivity index (χ1v) is 11.1. The summed E-state index contributed by atoms with van der Waals surface area (Å²) in [7, 11) is 0. The lowest BCUT2D eigenvalue weighted by Crippen LogP contribution is -2.38. The highest BCUT2D eigenvalue weighted by atomic mass is 19.4. The first-order valence-electron chi connectivity index (χ1n) is 11.1. The molecule has 0 radical (unpaired) electrons. The number of carbonyl (C=O) groups is 2. The average Bonchev–Trinajstić information content (AvgIpc) is 2.84. The zero-order valence-electron chi connectivity index (χ0n) is 19.5. The molecule has 3 aromatic carbocycles. The maximum Gasteiger partial charge on any atom is 0.416 e. The third-order valence-electron chi connectivity index (χ3n) is 5.10. The van der Waals surface area contributed by atoms with Gasteiger partial charge in [-0.15, -0.1) is 0 Å². The van der Waals surface area contributed by atoms with E-state index in [9.17, 15) is 40.3 Å². The van der Waals surface area contributed by atoms with Crippen molar-refractivity contribution < 1.29 is 40.3 Å². The van der Waals surface area contributed by atoms with Gasteiger partial charge < -0.3 is 16.0 Å². The van der Waals surface area contributed by atoms with Crippen LogP contribution in [-0.2, 0) is 12.4 Å². The van der Waals surface area contributed by atoms with Gasteiger partial charge in [0, 0.05) is 30.2 Å². The SMILES string of the molecule is O=C(NCCCN(C(=O)Nc1ccccc1)c1ccc(F)cc1)Nc1cc(C(F)(F)F)cc(C(F)(F)F)c1. The number of benzene rings is 3. The lowest BCUT2D eigenvalue weighted by molar-refractivity contribution is -0.143. The molecule has 3 aromatic rings. The minimum atomic E-state index is -5.06. The van der Waals surface area contributed by atoms with Gasteiger partial charge in [-0.3, -0.25) is 4.90 Å². The molecule has 6 nitrogen and oxygen atoms in total. The van der Waals surface area contributed by atoms with Gasteiger partial charge in [-0.05, 0) is 61.0 Å². The predicted octanol–water partition coefficient (Wildman–Crippen LogP) is 7.11. The molecular formula is C25H21F7N4O2. The number of alkyl halides is 6. The Morgan fingerprint density at radius 1 is 0.737 bits per heavy atom. The second kappa shape index (κ2) is 11.8. The van der Waals surface area contributed by atoms with Crippen LogP contribution < -0.4 is 20.9 Å². The molecule has 0 bridgehead atoms. The first kappa shape index (κ1) is 28.3. The van der Waals surface area contributed by atoms with Gasteiger partial charge in [0.25, 0.3) is 0 Å². The first-order chi connectivity index (χ1) is 17.8. The summed E-state index contributed by atoms with van der Waals surface area (Å²) >= 11 is 0. The normalized spacial score (nSPS) is 11.6. The minimum Gasteiger partial charge on any atom is -0.338 e. The van der Waals surface area contributed by atoms with E-state index in [1.54, 1.807) is 30.3 Å². The van der Waals surface area contributed by atoms with Crippen molar-refractivity contribution >= 4 is 29.1 Å². The van der Waals surface area contributed by atoms with Gasteiger partial charge in [-0.1, -0.05) is 18.2 Å². The summed E-state index contributed by atoms with van der Waals surface area (Å²) in [6.45, 7) is -0.0560. The van der Waals surface area contributed by atoms with Crippen LogP contribution in [0.4, 0.5) is 57.4 Å². The van der Waals surface area contributed by atoms with Crippen molar-refractivity contribution in [2.75, 3.05) is 28.6 Å². The number of hydrogen-bond acceptors (Lipinski definition) is 2. The van der Waals surface area contributed by atoms with Crippen LogP contribution in [-0.4, -0.2) is 25.2 Å². The van der Waals surface area contributed by atoms with Crippen LogP contribution in [0.2, 0.25) is 0 Å². The van der Waals surface area contributed by atoms with E-state index >= 15 is 0 Å². The number of anilines is 3. The molecular weight excluding hydrogens is 521 g/mol. The largest absolute Gasteiger partial charge is 0.416 e. The third kappa shape index (κ3) is 8.11. The zero-order valence-corrected chi connectivity index (χ0v) is 19.5. The van der Waals surface area contributed by atoms with Gasteiger partial charge in [-0.2, -0.15) is 26.3 Å². The molecule has 0 aliphatic carbocycles. The molecule has 0 aliphatic rings. The van der Waals surface area contributed by atoms with Crippen LogP contribution in [0.5, 0.6) is 0 Å². The van der Waals surface area contributed by atoms with E-state index in [1.807, 2.05) is 5.32 Å². The van der Waals surface area contributed by atoms with Crippen LogP contribution in [0.1, 0.15) is 17.5 Å². The lowest BCUT2D eigenvalue weighted by Gasteiger charge is -2.23. The number of urea groups is 2. The molecule has 0 saturated carbocycles. The molecule has 13 heteroatoms. The lowest BCUT2D eigenvalue weighted by atomic mass is 10.1. The van der Waals surface area contributed by atoms with Crippen LogP contribution in [0.3, 0.4) is 0 Å². The van der Waals surface area contributed by atoms with Crippen LogP contribution in [0, 0.1) is 5.82 Å². The van der Waals surface area contributed by atoms with Crippen LogP contribution in [0.15, 0.2) is 72.8 Å². The van der Waals surface area contributed by atoms with E-state index in [0.29, 0.717) is 23.5 Å². The number of carbonyl (C=O) groups excluding carboxylic acids is 2. The summed E-state index contributed by atoms with van der Waals surface area (Å²) in [6, 6.07) is 12.7. The van der Waals surface area contributed by atoms with Crippen LogP contribution >= 0.6 is 0 Å². The van der Waals surface area contributed by atoms with Crippen molar-refractivity contribution in [3.8, 4) is 0 Å². The van der Waals surface area contributed by atoms with Crippen LogP contribution in [0.25, 0.3) is 0 Å². The fourth-order valence-electron chi connectivity index (χ4n) is 3.32. The predicted molar refractivity (Wildman–Crippen MR) is 127 cm³/mol. The molecule has 0 atom stereocenters. The highest BCUT2D eigenvalue weighted by Gasteiger charge is 2.37.